The molecule has 0 bridgehead atoms. The number of thiocarbonyl (C=S) groups is 1. The molecule has 4 nitrogen and oxygen atoms in total. The molecule has 4 rings (SSSR count). The lowest BCUT2D eigenvalue weighted by atomic mass is 9.91. The highest BCUT2D eigenvalue weighted by atomic mass is 32.1. The molecule has 1 amide bonds. The van der Waals surface area contributed by atoms with E-state index in [-0.39, 0.29) is 11.6 Å². The first-order valence-electron chi connectivity index (χ1n) is 8.86. The van der Waals surface area contributed by atoms with Crippen molar-refractivity contribution in [3.05, 3.63) is 89.4 Å². The highest BCUT2D eigenvalue weighted by Crippen LogP contribution is 2.32. The Kier molecular flexibility index (Phi) is 4.79. The van der Waals surface area contributed by atoms with Crippen molar-refractivity contribution >= 4 is 39.7 Å². The fraction of sp³-hybridized carbons (Fsp3) is 0.0909. The molecule has 0 aromatic heterocycles. The van der Waals surface area contributed by atoms with Crippen LogP contribution in [0.1, 0.15) is 18.5 Å². The topological polar surface area (TPSA) is 53.2 Å². The van der Waals surface area contributed by atoms with Gasteiger partial charge >= 0.3 is 0 Å². The molecule has 3 aromatic rings. The van der Waals surface area contributed by atoms with E-state index in [1.54, 1.807) is 19.1 Å². The zero-order valence-electron chi connectivity index (χ0n) is 15.1. The van der Waals surface area contributed by atoms with Crippen molar-refractivity contribution in [3.8, 4) is 0 Å². The summed E-state index contributed by atoms with van der Waals surface area (Å²) in [5, 5.41) is 11.4. The Hall–Kier alpha value is -3.25. The molecule has 1 aliphatic rings. The number of carbonyl (C=O) groups excluding carboxylic acids is 1. The first kappa shape index (κ1) is 18.1. The quantitative estimate of drug-likeness (QED) is 0.579. The maximum atomic E-state index is 14.0. The minimum Gasteiger partial charge on any atom is -0.351 e. The maximum Gasteiger partial charge on any atom is 0.255 e. The summed E-state index contributed by atoms with van der Waals surface area (Å²) in [6, 6.07) is 19.6. The Morgan fingerprint density at radius 3 is 2.57 bits per heavy atom. The summed E-state index contributed by atoms with van der Waals surface area (Å²) in [7, 11) is 0. The molecule has 140 valence electrons. The van der Waals surface area contributed by atoms with Gasteiger partial charge in [0.05, 0.1) is 17.3 Å². The molecule has 0 spiro atoms. The molecule has 3 N–H and O–H groups in total. The number of amides is 1. The standard InChI is InChI=1S/C22H18FN3OS/c1-13-19(21(27)25-18-12-5-4-11-17(18)23)20(26-22(28)24-13)16-10-6-8-14-7-2-3-9-15(14)16/h2-12,20H,1H3,(H,25,27)(H2,24,26,28)/t20-/m0/s1. The van der Waals surface area contributed by atoms with Crippen LogP contribution in [0.25, 0.3) is 10.8 Å². The van der Waals surface area contributed by atoms with Gasteiger partial charge in [0.25, 0.3) is 5.91 Å². The molecule has 1 aliphatic heterocycles. The molecule has 6 heteroatoms. The van der Waals surface area contributed by atoms with Gasteiger partial charge in [0.1, 0.15) is 5.82 Å². The van der Waals surface area contributed by atoms with Gasteiger partial charge in [-0.05, 0) is 47.6 Å². The van der Waals surface area contributed by atoms with Crippen LogP contribution in [0.15, 0.2) is 78.0 Å². The largest absolute Gasteiger partial charge is 0.351 e. The van der Waals surface area contributed by atoms with E-state index in [0.717, 1.165) is 16.3 Å². The van der Waals surface area contributed by atoms with Crippen molar-refractivity contribution in [2.24, 2.45) is 0 Å². The van der Waals surface area contributed by atoms with Crippen LogP contribution in [0.3, 0.4) is 0 Å². The number of fused-ring (bicyclic) bond motifs is 1. The Morgan fingerprint density at radius 1 is 1.04 bits per heavy atom. The molecule has 3 aromatic carbocycles. The van der Waals surface area contributed by atoms with E-state index in [1.807, 2.05) is 42.5 Å². The van der Waals surface area contributed by atoms with Crippen LogP contribution in [-0.4, -0.2) is 11.0 Å². The monoisotopic (exact) mass is 391 g/mol. The van der Waals surface area contributed by atoms with Crippen LogP contribution in [0.4, 0.5) is 10.1 Å². The molecule has 0 saturated carbocycles. The van der Waals surface area contributed by atoms with Crippen LogP contribution in [0.2, 0.25) is 0 Å². The molecule has 1 heterocycles. The Morgan fingerprint density at radius 2 is 1.75 bits per heavy atom. The number of allylic oxidation sites excluding steroid dienone is 1. The minimum atomic E-state index is -0.483. The van der Waals surface area contributed by atoms with Crippen molar-refractivity contribution in [2.45, 2.75) is 13.0 Å². The van der Waals surface area contributed by atoms with Gasteiger partial charge in [0.2, 0.25) is 0 Å². The first-order chi connectivity index (χ1) is 13.5. The van der Waals surface area contributed by atoms with Gasteiger partial charge in [-0.25, -0.2) is 4.39 Å². The van der Waals surface area contributed by atoms with Gasteiger partial charge < -0.3 is 16.0 Å². The third kappa shape index (κ3) is 3.34. The second-order valence-electron chi connectivity index (χ2n) is 6.57. The van der Waals surface area contributed by atoms with Gasteiger partial charge in [-0.1, -0.05) is 54.6 Å². The second kappa shape index (κ2) is 7.40. The van der Waals surface area contributed by atoms with Gasteiger partial charge in [0.15, 0.2) is 5.11 Å². The smallest absolute Gasteiger partial charge is 0.255 e. The number of anilines is 1. The Labute approximate surface area is 167 Å². The van der Waals surface area contributed by atoms with Gasteiger partial charge in [-0.15, -0.1) is 0 Å². The summed E-state index contributed by atoms with van der Waals surface area (Å²) in [6.07, 6.45) is 0. The fourth-order valence-electron chi connectivity index (χ4n) is 3.48. The van der Waals surface area contributed by atoms with Crippen LogP contribution in [0, 0.1) is 5.82 Å². The Balaban J connectivity index is 1.79. The third-order valence-corrected chi connectivity index (χ3v) is 4.99. The number of halogens is 1. The summed E-state index contributed by atoms with van der Waals surface area (Å²) < 4.78 is 14.0. The minimum absolute atomic E-state index is 0.137. The lowest BCUT2D eigenvalue weighted by Gasteiger charge is -2.31. The molecule has 1 atom stereocenters. The number of para-hydroxylation sites is 1. The number of hydrogen-bond acceptors (Lipinski definition) is 2. The summed E-state index contributed by atoms with van der Waals surface area (Å²) >= 11 is 5.32. The predicted octanol–water partition coefficient (Wildman–Crippen LogP) is 4.41. The molecule has 0 unspecified atom stereocenters. The van der Waals surface area contributed by atoms with Crippen LogP contribution in [0.5, 0.6) is 0 Å². The van der Waals surface area contributed by atoms with Crippen LogP contribution < -0.4 is 16.0 Å². The zero-order valence-corrected chi connectivity index (χ0v) is 15.9. The summed E-state index contributed by atoms with van der Waals surface area (Å²) in [6.45, 7) is 1.79. The van der Waals surface area contributed by atoms with Crippen molar-refractivity contribution in [2.75, 3.05) is 5.32 Å². The van der Waals surface area contributed by atoms with Crippen LogP contribution in [-0.2, 0) is 4.79 Å². The molecule has 0 radical (unpaired) electrons. The van der Waals surface area contributed by atoms with Crippen molar-refractivity contribution in [1.82, 2.24) is 10.6 Å². The van der Waals surface area contributed by atoms with E-state index in [0.29, 0.717) is 16.4 Å². The van der Waals surface area contributed by atoms with E-state index in [1.165, 1.54) is 12.1 Å². The molecular formula is C22H18FN3OS. The number of rotatable bonds is 3. The average molecular weight is 391 g/mol. The van der Waals surface area contributed by atoms with Crippen molar-refractivity contribution < 1.29 is 9.18 Å². The van der Waals surface area contributed by atoms with Gasteiger partial charge in [-0.3, -0.25) is 4.79 Å². The van der Waals surface area contributed by atoms with Crippen molar-refractivity contribution in [3.63, 3.8) is 0 Å². The normalized spacial score (nSPS) is 16.5. The molecule has 28 heavy (non-hydrogen) atoms. The molecular weight excluding hydrogens is 373 g/mol. The first-order valence-corrected chi connectivity index (χ1v) is 9.27. The zero-order chi connectivity index (χ0) is 19.7. The number of carbonyl (C=O) groups is 1. The average Bonchev–Trinajstić information content (AvgIpc) is 2.68. The summed E-state index contributed by atoms with van der Waals surface area (Å²) in [5.41, 5.74) is 2.17. The summed E-state index contributed by atoms with van der Waals surface area (Å²) in [4.78, 5) is 13.1. The number of hydrogen-bond donors (Lipinski definition) is 3. The summed E-state index contributed by atoms with van der Waals surface area (Å²) in [5.74, 6) is -0.869. The SMILES string of the molecule is CC1=C(C(=O)Nc2ccccc2F)[C@H](c2cccc3ccccc23)NC(=S)N1. The van der Waals surface area contributed by atoms with E-state index < -0.39 is 11.9 Å². The predicted molar refractivity (Wildman–Crippen MR) is 113 cm³/mol. The molecule has 0 saturated heterocycles. The maximum absolute atomic E-state index is 14.0. The number of nitrogens with one attached hydrogen (secondary N) is 3. The van der Waals surface area contributed by atoms with Gasteiger partial charge in [0, 0.05) is 5.70 Å². The van der Waals surface area contributed by atoms with E-state index in [4.69, 9.17) is 12.2 Å². The lowest BCUT2D eigenvalue weighted by molar-refractivity contribution is -0.113. The number of benzene rings is 3. The fourth-order valence-corrected chi connectivity index (χ4v) is 3.75. The van der Waals surface area contributed by atoms with E-state index in [9.17, 15) is 9.18 Å². The van der Waals surface area contributed by atoms with Gasteiger partial charge in [-0.2, -0.15) is 0 Å². The van der Waals surface area contributed by atoms with E-state index in [2.05, 4.69) is 16.0 Å². The molecule has 0 aliphatic carbocycles. The van der Waals surface area contributed by atoms with E-state index >= 15 is 0 Å². The van der Waals surface area contributed by atoms with Crippen LogP contribution >= 0.6 is 12.2 Å². The second-order valence-corrected chi connectivity index (χ2v) is 6.98. The molecule has 0 fully saturated rings. The highest BCUT2D eigenvalue weighted by molar-refractivity contribution is 7.80. The third-order valence-electron chi connectivity index (χ3n) is 4.77. The highest BCUT2D eigenvalue weighted by Gasteiger charge is 2.31. The van der Waals surface area contributed by atoms with Crippen molar-refractivity contribution in [1.29, 1.82) is 0 Å². The lowest BCUT2D eigenvalue weighted by Crippen LogP contribution is -2.45. The Bertz CT molecular complexity index is 1120.